The Morgan fingerprint density at radius 1 is 0.875 bits per heavy atom. The summed E-state index contributed by atoms with van der Waals surface area (Å²) in [6.45, 7) is 8.94. The van der Waals surface area contributed by atoms with Crippen molar-refractivity contribution in [2.24, 2.45) is 5.41 Å². The maximum Gasteiger partial charge on any atom is 0.172 e. The summed E-state index contributed by atoms with van der Waals surface area (Å²) in [4.78, 5) is 9.30. The van der Waals surface area contributed by atoms with Crippen LogP contribution in [0.1, 0.15) is 31.9 Å². The number of fused-ring (bicyclic) bond motifs is 6. The summed E-state index contributed by atoms with van der Waals surface area (Å²) in [5.41, 5.74) is 7.60. The molecule has 6 aromatic rings. The Hall–Kier alpha value is -3.24. The molecule has 3 nitrogen and oxygen atoms in total. The van der Waals surface area contributed by atoms with Crippen LogP contribution in [-0.2, 0) is 6.42 Å². The molecule has 0 aliphatic carbocycles. The molecule has 0 fully saturated rings. The fourth-order valence-electron chi connectivity index (χ4n) is 4.56. The SMILES string of the molecule is Cc1ccc2ccc(-c3ncnc4c3sc3c5cc(CC(C)(C)C)ccc5oc43)cc2c1. The van der Waals surface area contributed by atoms with Gasteiger partial charge in [0.1, 0.15) is 17.4 Å². The molecule has 0 saturated carbocycles. The average Bonchev–Trinajstić information content (AvgIpc) is 3.28. The van der Waals surface area contributed by atoms with Crippen LogP contribution in [0.3, 0.4) is 0 Å². The number of hydrogen-bond donors (Lipinski definition) is 0. The van der Waals surface area contributed by atoms with Crippen LogP contribution in [0.25, 0.3) is 53.5 Å². The molecule has 0 bridgehead atoms. The average molecular weight is 437 g/mol. The first-order valence-electron chi connectivity index (χ1n) is 11.0. The van der Waals surface area contributed by atoms with Crippen molar-refractivity contribution in [2.45, 2.75) is 34.1 Å². The van der Waals surface area contributed by atoms with E-state index in [4.69, 9.17) is 4.42 Å². The highest BCUT2D eigenvalue weighted by atomic mass is 32.1. The van der Waals surface area contributed by atoms with Crippen LogP contribution in [0.2, 0.25) is 0 Å². The summed E-state index contributed by atoms with van der Waals surface area (Å²) in [6.07, 6.45) is 2.69. The van der Waals surface area contributed by atoms with E-state index in [1.807, 2.05) is 0 Å². The Balaban J connectivity index is 1.56. The molecule has 0 aliphatic heterocycles. The van der Waals surface area contributed by atoms with Gasteiger partial charge < -0.3 is 4.42 Å². The van der Waals surface area contributed by atoms with Crippen molar-refractivity contribution in [1.29, 1.82) is 0 Å². The number of benzene rings is 3. The number of aryl methyl sites for hydroxylation is 1. The molecular formula is C28H24N2OS. The third-order valence-corrected chi connectivity index (χ3v) is 7.13. The lowest BCUT2D eigenvalue weighted by Crippen LogP contribution is -2.08. The topological polar surface area (TPSA) is 38.9 Å². The van der Waals surface area contributed by atoms with Crippen LogP contribution in [-0.4, -0.2) is 9.97 Å². The van der Waals surface area contributed by atoms with Gasteiger partial charge in [-0.15, -0.1) is 11.3 Å². The van der Waals surface area contributed by atoms with Crippen LogP contribution in [0, 0.1) is 12.3 Å². The zero-order valence-corrected chi connectivity index (χ0v) is 19.5. The van der Waals surface area contributed by atoms with Gasteiger partial charge in [0.05, 0.1) is 15.1 Å². The fraction of sp³-hybridized carbons (Fsp3) is 0.214. The summed E-state index contributed by atoms with van der Waals surface area (Å²) in [5.74, 6) is 0. The lowest BCUT2D eigenvalue weighted by molar-refractivity contribution is 0.411. The minimum atomic E-state index is 0.240. The minimum absolute atomic E-state index is 0.240. The highest BCUT2D eigenvalue weighted by molar-refractivity contribution is 7.27. The molecule has 158 valence electrons. The van der Waals surface area contributed by atoms with Crippen molar-refractivity contribution in [3.8, 4) is 11.3 Å². The first-order chi connectivity index (χ1) is 15.4. The summed E-state index contributed by atoms with van der Waals surface area (Å²) < 4.78 is 8.52. The van der Waals surface area contributed by atoms with E-state index in [-0.39, 0.29) is 5.41 Å². The second-order valence-electron chi connectivity index (χ2n) is 9.90. The van der Waals surface area contributed by atoms with Gasteiger partial charge in [0, 0.05) is 10.9 Å². The summed E-state index contributed by atoms with van der Waals surface area (Å²) >= 11 is 1.74. The van der Waals surface area contributed by atoms with Crippen LogP contribution in [0.15, 0.2) is 65.3 Å². The molecule has 3 aromatic carbocycles. The smallest absolute Gasteiger partial charge is 0.172 e. The molecule has 4 heteroatoms. The maximum atomic E-state index is 6.29. The molecule has 6 rings (SSSR count). The fourth-order valence-corrected chi connectivity index (χ4v) is 5.77. The number of rotatable bonds is 2. The molecule has 0 saturated heterocycles. The summed E-state index contributed by atoms with van der Waals surface area (Å²) in [7, 11) is 0. The Kier molecular flexibility index (Phi) is 4.18. The minimum Gasteiger partial charge on any atom is -0.453 e. The van der Waals surface area contributed by atoms with Gasteiger partial charge in [0.25, 0.3) is 0 Å². The van der Waals surface area contributed by atoms with Gasteiger partial charge >= 0.3 is 0 Å². The molecule has 32 heavy (non-hydrogen) atoms. The normalized spacial score (nSPS) is 12.5. The van der Waals surface area contributed by atoms with E-state index in [0.717, 1.165) is 43.8 Å². The van der Waals surface area contributed by atoms with Crippen LogP contribution >= 0.6 is 11.3 Å². The van der Waals surface area contributed by atoms with E-state index in [2.05, 4.69) is 92.3 Å². The van der Waals surface area contributed by atoms with Crippen LogP contribution in [0.4, 0.5) is 0 Å². The van der Waals surface area contributed by atoms with Gasteiger partial charge in [0.15, 0.2) is 5.58 Å². The maximum absolute atomic E-state index is 6.29. The molecule has 0 amide bonds. The van der Waals surface area contributed by atoms with E-state index < -0.39 is 0 Å². The van der Waals surface area contributed by atoms with E-state index in [1.165, 1.54) is 27.3 Å². The number of hydrogen-bond acceptors (Lipinski definition) is 4. The lowest BCUT2D eigenvalue weighted by atomic mass is 9.88. The van der Waals surface area contributed by atoms with E-state index in [9.17, 15) is 0 Å². The third kappa shape index (κ3) is 3.18. The standard InChI is InChI=1S/C28H24N2OS/c1-16-5-7-18-8-9-19(13-20(18)11-16)23-27-24(30-15-29-23)25-26(32-27)21-12-17(14-28(2,3)4)6-10-22(21)31-25/h5-13,15H,14H2,1-4H3. The van der Waals surface area contributed by atoms with Crippen LogP contribution in [0.5, 0.6) is 0 Å². The zero-order valence-electron chi connectivity index (χ0n) is 18.7. The molecule has 3 aromatic heterocycles. The second kappa shape index (κ2) is 6.88. The Bertz CT molecular complexity index is 1650. The van der Waals surface area contributed by atoms with Crippen molar-refractivity contribution in [3.05, 3.63) is 72.1 Å². The van der Waals surface area contributed by atoms with Crippen molar-refractivity contribution in [2.75, 3.05) is 0 Å². The first kappa shape index (κ1) is 19.4. The molecule has 3 heterocycles. The quantitative estimate of drug-likeness (QED) is 0.274. The molecule has 0 atom stereocenters. The van der Waals surface area contributed by atoms with Crippen molar-refractivity contribution in [3.63, 3.8) is 0 Å². The highest BCUT2D eigenvalue weighted by Gasteiger charge is 2.20. The number of furan rings is 1. The Labute approximate surface area is 190 Å². The van der Waals surface area contributed by atoms with Gasteiger partial charge in [-0.05, 0) is 53.3 Å². The molecule has 0 radical (unpaired) electrons. The molecule has 0 unspecified atom stereocenters. The number of aromatic nitrogens is 2. The Morgan fingerprint density at radius 3 is 2.56 bits per heavy atom. The third-order valence-electron chi connectivity index (χ3n) is 5.93. The van der Waals surface area contributed by atoms with Gasteiger partial charge in [-0.25, -0.2) is 9.97 Å². The van der Waals surface area contributed by atoms with Crippen molar-refractivity contribution < 1.29 is 4.42 Å². The van der Waals surface area contributed by atoms with E-state index in [0.29, 0.717) is 0 Å². The second-order valence-corrected chi connectivity index (χ2v) is 10.9. The van der Waals surface area contributed by atoms with Gasteiger partial charge in [-0.3, -0.25) is 0 Å². The molecule has 0 spiro atoms. The zero-order chi connectivity index (χ0) is 22.0. The number of nitrogens with zero attached hydrogens (tertiary/aromatic N) is 2. The largest absolute Gasteiger partial charge is 0.453 e. The molecule has 0 aliphatic rings. The highest BCUT2D eigenvalue weighted by Crippen LogP contribution is 2.43. The predicted octanol–water partition coefficient (Wildman–Crippen LogP) is 8.31. The predicted molar refractivity (Wildman–Crippen MR) is 136 cm³/mol. The Morgan fingerprint density at radius 2 is 1.72 bits per heavy atom. The van der Waals surface area contributed by atoms with E-state index in [1.54, 1.807) is 17.7 Å². The first-order valence-corrected chi connectivity index (χ1v) is 11.8. The monoisotopic (exact) mass is 436 g/mol. The van der Waals surface area contributed by atoms with Gasteiger partial charge in [-0.1, -0.05) is 62.7 Å². The lowest BCUT2D eigenvalue weighted by Gasteiger charge is -2.17. The molecule has 0 N–H and O–H groups in total. The number of thiophene rings is 1. The van der Waals surface area contributed by atoms with Gasteiger partial charge in [0.2, 0.25) is 0 Å². The van der Waals surface area contributed by atoms with Gasteiger partial charge in [-0.2, -0.15) is 0 Å². The summed E-state index contributed by atoms with van der Waals surface area (Å²) in [5, 5.41) is 3.64. The van der Waals surface area contributed by atoms with Crippen LogP contribution < -0.4 is 0 Å². The summed E-state index contributed by atoms with van der Waals surface area (Å²) in [6, 6.07) is 19.7. The molecular weight excluding hydrogens is 412 g/mol. The van der Waals surface area contributed by atoms with Crippen molar-refractivity contribution >= 4 is 53.6 Å². The van der Waals surface area contributed by atoms with Crippen molar-refractivity contribution in [1.82, 2.24) is 9.97 Å². The van der Waals surface area contributed by atoms with E-state index >= 15 is 0 Å².